The Morgan fingerprint density at radius 3 is 2.80 bits per heavy atom. The summed E-state index contributed by atoms with van der Waals surface area (Å²) in [5.74, 6) is 0.974. The van der Waals surface area contributed by atoms with Crippen molar-refractivity contribution in [2.24, 2.45) is 0 Å². The molecule has 1 saturated carbocycles. The van der Waals surface area contributed by atoms with Crippen molar-refractivity contribution in [3.8, 4) is 0 Å². The van der Waals surface area contributed by atoms with E-state index in [9.17, 15) is 4.79 Å². The number of carbonyl (C=O) groups is 1. The predicted octanol–water partition coefficient (Wildman–Crippen LogP) is 1.09. The number of carbonyl (C=O) groups excluding carboxylic acids is 1. The van der Waals surface area contributed by atoms with Crippen LogP contribution < -0.4 is 5.32 Å². The van der Waals surface area contributed by atoms with Crippen LogP contribution in [0.3, 0.4) is 0 Å². The molecular weight excluding hydrogens is 208 g/mol. The third-order valence-electron chi connectivity index (χ3n) is 3.16. The van der Waals surface area contributed by atoms with E-state index in [-0.39, 0.29) is 0 Å². The molecule has 0 spiro atoms. The summed E-state index contributed by atoms with van der Waals surface area (Å²) >= 11 is 1.63. The van der Waals surface area contributed by atoms with Gasteiger partial charge in [0.2, 0.25) is 5.91 Å². The van der Waals surface area contributed by atoms with Crippen LogP contribution in [0.25, 0.3) is 0 Å². The molecule has 2 fully saturated rings. The third kappa shape index (κ3) is 3.11. The lowest BCUT2D eigenvalue weighted by atomic mass is 10.2. The van der Waals surface area contributed by atoms with E-state index in [4.69, 9.17) is 0 Å². The lowest BCUT2D eigenvalue weighted by Gasteiger charge is -2.25. The number of rotatable bonds is 5. The zero-order chi connectivity index (χ0) is 10.7. The van der Waals surface area contributed by atoms with Crippen LogP contribution >= 0.6 is 11.8 Å². The highest BCUT2D eigenvalue weighted by atomic mass is 32.2. The largest absolute Gasteiger partial charge is 0.337 e. The summed E-state index contributed by atoms with van der Waals surface area (Å²) in [5.41, 5.74) is 0. The first kappa shape index (κ1) is 11.3. The van der Waals surface area contributed by atoms with Crippen LogP contribution in [0.5, 0.6) is 0 Å². The Hall–Kier alpha value is -0.220. The Bertz CT molecular complexity index is 225. The van der Waals surface area contributed by atoms with Gasteiger partial charge in [-0.2, -0.15) is 11.8 Å². The standard InChI is InChI=1S/C11H20N2OS/c1-15-8-11(14)13(10-4-5-10)7-9-3-2-6-12-9/h9-10,12H,2-8H2,1H3. The zero-order valence-electron chi connectivity index (χ0n) is 9.37. The van der Waals surface area contributed by atoms with Crippen LogP contribution in [0.15, 0.2) is 0 Å². The molecule has 0 aromatic heterocycles. The van der Waals surface area contributed by atoms with E-state index < -0.39 is 0 Å². The molecule has 1 atom stereocenters. The van der Waals surface area contributed by atoms with Crippen molar-refractivity contribution in [2.75, 3.05) is 25.1 Å². The first-order valence-corrected chi connectivity index (χ1v) is 7.22. The van der Waals surface area contributed by atoms with Gasteiger partial charge in [0.1, 0.15) is 0 Å². The van der Waals surface area contributed by atoms with E-state index in [1.54, 1.807) is 11.8 Å². The number of hydrogen-bond acceptors (Lipinski definition) is 3. The summed E-state index contributed by atoms with van der Waals surface area (Å²) in [4.78, 5) is 14.0. The van der Waals surface area contributed by atoms with Gasteiger partial charge in [-0.3, -0.25) is 4.79 Å². The van der Waals surface area contributed by atoms with Crippen LogP contribution in [0.2, 0.25) is 0 Å². The fourth-order valence-electron chi connectivity index (χ4n) is 2.20. The van der Waals surface area contributed by atoms with Crippen LogP contribution in [0, 0.1) is 0 Å². The van der Waals surface area contributed by atoms with Crippen LogP contribution in [-0.4, -0.2) is 48.0 Å². The van der Waals surface area contributed by atoms with Gasteiger partial charge in [0.15, 0.2) is 0 Å². The number of thioether (sulfide) groups is 1. The molecule has 1 unspecified atom stereocenters. The molecule has 1 amide bonds. The second-order valence-electron chi connectivity index (χ2n) is 4.50. The summed E-state index contributed by atoms with van der Waals surface area (Å²) in [6, 6.07) is 1.11. The molecule has 3 nitrogen and oxygen atoms in total. The highest BCUT2D eigenvalue weighted by Crippen LogP contribution is 2.28. The fraction of sp³-hybridized carbons (Fsp3) is 0.909. The van der Waals surface area contributed by atoms with E-state index in [2.05, 4.69) is 10.2 Å². The van der Waals surface area contributed by atoms with Crippen molar-refractivity contribution < 1.29 is 4.79 Å². The minimum absolute atomic E-state index is 0.332. The van der Waals surface area contributed by atoms with Gasteiger partial charge in [0, 0.05) is 18.6 Å². The third-order valence-corrected chi connectivity index (χ3v) is 3.69. The molecular formula is C11H20N2OS. The van der Waals surface area contributed by atoms with Gasteiger partial charge >= 0.3 is 0 Å². The summed E-state index contributed by atoms with van der Waals surface area (Å²) in [5, 5.41) is 3.47. The van der Waals surface area contributed by atoms with Crippen molar-refractivity contribution in [1.82, 2.24) is 10.2 Å². The maximum Gasteiger partial charge on any atom is 0.232 e. The molecule has 0 radical (unpaired) electrons. The summed E-state index contributed by atoms with van der Waals surface area (Å²) in [6.45, 7) is 2.06. The molecule has 2 rings (SSSR count). The van der Waals surface area contributed by atoms with Crippen molar-refractivity contribution in [3.63, 3.8) is 0 Å². The van der Waals surface area contributed by atoms with E-state index in [1.165, 1.54) is 25.7 Å². The molecule has 4 heteroatoms. The van der Waals surface area contributed by atoms with Gasteiger partial charge in [-0.05, 0) is 38.5 Å². The van der Waals surface area contributed by atoms with Crippen molar-refractivity contribution >= 4 is 17.7 Å². The molecule has 1 heterocycles. The highest BCUT2D eigenvalue weighted by molar-refractivity contribution is 7.99. The quantitative estimate of drug-likeness (QED) is 0.764. The molecule has 1 saturated heterocycles. The first-order valence-electron chi connectivity index (χ1n) is 5.83. The van der Waals surface area contributed by atoms with Gasteiger partial charge in [0.05, 0.1) is 5.75 Å². The number of nitrogens with one attached hydrogen (secondary N) is 1. The predicted molar refractivity (Wildman–Crippen MR) is 64.1 cm³/mol. The van der Waals surface area contributed by atoms with E-state index in [0.717, 1.165) is 13.1 Å². The zero-order valence-corrected chi connectivity index (χ0v) is 10.2. The second-order valence-corrected chi connectivity index (χ2v) is 5.37. The van der Waals surface area contributed by atoms with Crippen molar-refractivity contribution in [1.29, 1.82) is 0 Å². The maximum absolute atomic E-state index is 11.9. The topological polar surface area (TPSA) is 32.3 Å². The number of hydrogen-bond donors (Lipinski definition) is 1. The fourth-order valence-corrected chi connectivity index (χ4v) is 2.61. The molecule has 15 heavy (non-hydrogen) atoms. The van der Waals surface area contributed by atoms with E-state index >= 15 is 0 Å². The monoisotopic (exact) mass is 228 g/mol. The SMILES string of the molecule is CSCC(=O)N(CC1CCCN1)C1CC1. The van der Waals surface area contributed by atoms with E-state index in [0.29, 0.717) is 23.7 Å². The normalized spacial score (nSPS) is 25.5. The van der Waals surface area contributed by atoms with Gasteiger partial charge in [-0.25, -0.2) is 0 Å². The van der Waals surface area contributed by atoms with Crippen molar-refractivity contribution in [3.05, 3.63) is 0 Å². The molecule has 86 valence electrons. The first-order chi connectivity index (χ1) is 7.31. The number of nitrogens with zero attached hydrogens (tertiary/aromatic N) is 1. The molecule has 0 aromatic rings. The Morgan fingerprint density at radius 1 is 1.47 bits per heavy atom. The van der Waals surface area contributed by atoms with Crippen LogP contribution in [-0.2, 0) is 4.79 Å². The Morgan fingerprint density at radius 2 is 2.27 bits per heavy atom. The molecule has 0 bridgehead atoms. The smallest absolute Gasteiger partial charge is 0.232 e. The average Bonchev–Trinajstić information content (AvgIpc) is 2.93. The Kier molecular flexibility index (Phi) is 3.92. The van der Waals surface area contributed by atoms with Gasteiger partial charge in [-0.15, -0.1) is 0 Å². The molecule has 0 aromatic carbocycles. The van der Waals surface area contributed by atoms with Gasteiger partial charge < -0.3 is 10.2 Å². The van der Waals surface area contributed by atoms with E-state index in [1.807, 2.05) is 6.26 Å². The van der Waals surface area contributed by atoms with Gasteiger partial charge in [0.25, 0.3) is 0 Å². The minimum Gasteiger partial charge on any atom is -0.337 e. The highest BCUT2D eigenvalue weighted by Gasteiger charge is 2.33. The lowest BCUT2D eigenvalue weighted by molar-refractivity contribution is -0.129. The van der Waals surface area contributed by atoms with Crippen molar-refractivity contribution in [2.45, 2.75) is 37.8 Å². The summed E-state index contributed by atoms with van der Waals surface area (Å²) in [6.07, 6.45) is 6.92. The van der Waals surface area contributed by atoms with Crippen LogP contribution in [0.1, 0.15) is 25.7 Å². The molecule has 1 aliphatic heterocycles. The summed E-state index contributed by atoms with van der Waals surface area (Å²) < 4.78 is 0. The van der Waals surface area contributed by atoms with Gasteiger partial charge in [-0.1, -0.05) is 0 Å². The molecule has 2 aliphatic rings. The maximum atomic E-state index is 11.9. The van der Waals surface area contributed by atoms with Crippen LogP contribution in [0.4, 0.5) is 0 Å². The lowest BCUT2D eigenvalue weighted by Crippen LogP contribution is -2.43. The second kappa shape index (κ2) is 5.21. The average molecular weight is 228 g/mol. The summed E-state index contributed by atoms with van der Waals surface area (Å²) in [7, 11) is 0. The number of amides is 1. The Balaban J connectivity index is 1.84. The minimum atomic E-state index is 0.332. The molecule has 1 aliphatic carbocycles. The molecule has 1 N–H and O–H groups in total. The Labute approximate surface area is 96.0 Å².